The minimum Gasteiger partial charge on any atom is -0.469 e. The Kier molecular flexibility index (Phi) is 2.24. The monoisotopic (exact) mass is 220 g/mol. The molecule has 1 aromatic rings. The van der Waals surface area contributed by atoms with Crippen molar-refractivity contribution in [3.05, 3.63) is 23.7 Å². The molecule has 4 heteroatoms. The summed E-state index contributed by atoms with van der Waals surface area (Å²) in [5.74, 6) is 1.48. The number of aryl methyl sites for hydroxylation is 1. The zero-order chi connectivity index (χ0) is 11.1. The largest absolute Gasteiger partial charge is 0.469 e. The van der Waals surface area contributed by atoms with E-state index in [2.05, 4.69) is 5.32 Å². The predicted octanol–water partition coefficient (Wildman–Crippen LogP) is 1.02. The zero-order valence-electron chi connectivity index (χ0n) is 9.40. The number of carbonyl (C=O) groups is 1. The van der Waals surface area contributed by atoms with Crippen LogP contribution in [0.2, 0.25) is 0 Å². The molecule has 2 atom stereocenters. The Morgan fingerprint density at radius 2 is 2.44 bits per heavy atom. The molecule has 86 valence electrons. The SMILES string of the molecule is Cc1occc1C(=O)N1C[C@@H]2CCN[C@@H]2C1. The standard InChI is InChI=1S/C12H16N2O2/c1-8-10(3-5-16-8)12(15)14-6-9-2-4-13-11(9)7-14/h3,5,9,11,13H,2,4,6-7H2,1H3/t9-,11+/m0/s1. The van der Waals surface area contributed by atoms with Crippen molar-refractivity contribution >= 4 is 5.91 Å². The van der Waals surface area contributed by atoms with Gasteiger partial charge in [-0.25, -0.2) is 0 Å². The van der Waals surface area contributed by atoms with Crippen LogP contribution in [0.15, 0.2) is 16.7 Å². The molecule has 2 fully saturated rings. The van der Waals surface area contributed by atoms with E-state index >= 15 is 0 Å². The molecule has 16 heavy (non-hydrogen) atoms. The number of nitrogens with one attached hydrogen (secondary N) is 1. The highest BCUT2D eigenvalue weighted by molar-refractivity contribution is 5.95. The first-order valence-corrected chi connectivity index (χ1v) is 5.82. The highest BCUT2D eigenvalue weighted by atomic mass is 16.3. The fourth-order valence-corrected chi connectivity index (χ4v) is 2.79. The molecule has 1 N–H and O–H groups in total. The van der Waals surface area contributed by atoms with Gasteiger partial charge >= 0.3 is 0 Å². The molecule has 0 radical (unpaired) electrons. The number of hydrogen-bond donors (Lipinski definition) is 1. The molecule has 3 heterocycles. The summed E-state index contributed by atoms with van der Waals surface area (Å²) in [6.45, 7) is 4.67. The molecular formula is C12H16N2O2. The average Bonchev–Trinajstić information content (AvgIpc) is 2.89. The van der Waals surface area contributed by atoms with Crippen molar-refractivity contribution in [3.8, 4) is 0 Å². The number of furan rings is 1. The van der Waals surface area contributed by atoms with Gasteiger partial charge < -0.3 is 14.6 Å². The first-order chi connectivity index (χ1) is 7.75. The summed E-state index contributed by atoms with van der Waals surface area (Å²) in [7, 11) is 0. The number of fused-ring (bicyclic) bond motifs is 1. The van der Waals surface area contributed by atoms with E-state index in [1.54, 1.807) is 12.3 Å². The molecule has 2 saturated heterocycles. The van der Waals surface area contributed by atoms with E-state index in [0.29, 0.717) is 17.5 Å². The molecule has 2 aliphatic heterocycles. The van der Waals surface area contributed by atoms with Crippen molar-refractivity contribution in [1.82, 2.24) is 10.2 Å². The summed E-state index contributed by atoms with van der Waals surface area (Å²) in [6.07, 6.45) is 2.77. The van der Waals surface area contributed by atoms with Gasteiger partial charge in [-0.15, -0.1) is 0 Å². The van der Waals surface area contributed by atoms with Crippen LogP contribution in [0.1, 0.15) is 22.5 Å². The van der Waals surface area contributed by atoms with Crippen molar-refractivity contribution < 1.29 is 9.21 Å². The lowest BCUT2D eigenvalue weighted by atomic mass is 10.1. The molecule has 0 saturated carbocycles. The van der Waals surface area contributed by atoms with E-state index in [9.17, 15) is 4.79 Å². The summed E-state index contributed by atoms with van der Waals surface area (Å²) >= 11 is 0. The van der Waals surface area contributed by atoms with Crippen LogP contribution in [0.25, 0.3) is 0 Å². The number of carbonyl (C=O) groups excluding carboxylic acids is 1. The van der Waals surface area contributed by atoms with Gasteiger partial charge in [0.05, 0.1) is 11.8 Å². The lowest BCUT2D eigenvalue weighted by Gasteiger charge is -2.16. The maximum absolute atomic E-state index is 12.2. The summed E-state index contributed by atoms with van der Waals surface area (Å²) in [5.41, 5.74) is 0.708. The molecule has 0 bridgehead atoms. The Morgan fingerprint density at radius 3 is 3.12 bits per heavy atom. The number of rotatable bonds is 1. The Balaban J connectivity index is 1.75. The van der Waals surface area contributed by atoms with E-state index in [-0.39, 0.29) is 5.91 Å². The van der Waals surface area contributed by atoms with Gasteiger partial charge in [0, 0.05) is 19.1 Å². The molecule has 2 aliphatic rings. The minimum absolute atomic E-state index is 0.113. The molecule has 0 spiro atoms. The van der Waals surface area contributed by atoms with Crippen LogP contribution in [0.3, 0.4) is 0 Å². The van der Waals surface area contributed by atoms with Crippen molar-refractivity contribution in [2.24, 2.45) is 5.92 Å². The maximum atomic E-state index is 12.2. The fraction of sp³-hybridized carbons (Fsp3) is 0.583. The Labute approximate surface area is 94.6 Å². The second-order valence-electron chi connectivity index (χ2n) is 4.71. The zero-order valence-corrected chi connectivity index (χ0v) is 9.40. The molecule has 0 unspecified atom stereocenters. The normalized spacial score (nSPS) is 28.4. The van der Waals surface area contributed by atoms with E-state index in [0.717, 1.165) is 25.4 Å². The van der Waals surface area contributed by atoms with Gasteiger partial charge in [-0.05, 0) is 31.9 Å². The maximum Gasteiger partial charge on any atom is 0.257 e. The first-order valence-electron chi connectivity index (χ1n) is 5.82. The molecular weight excluding hydrogens is 204 g/mol. The second-order valence-corrected chi connectivity index (χ2v) is 4.71. The van der Waals surface area contributed by atoms with Crippen molar-refractivity contribution in [1.29, 1.82) is 0 Å². The Hall–Kier alpha value is -1.29. The van der Waals surface area contributed by atoms with Gasteiger partial charge in [-0.2, -0.15) is 0 Å². The summed E-state index contributed by atoms with van der Waals surface area (Å²) in [5, 5.41) is 3.45. The third-order valence-corrected chi connectivity index (χ3v) is 3.74. The fourth-order valence-electron chi connectivity index (χ4n) is 2.79. The third-order valence-electron chi connectivity index (χ3n) is 3.74. The van der Waals surface area contributed by atoms with Crippen LogP contribution >= 0.6 is 0 Å². The number of likely N-dealkylation sites (tertiary alicyclic amines) is 1. The first kappa shape index (κ1) is 9.90. The van der Waals surface area contributed by atoms with Crippen LogP contribution in [0, 0.1) is 12.8 Å². The Morgan fingerprint density at radius 1 is 1.56 bits per heavy atom. The average molecular weight is 220 g/mol. The lowest BCUT2D eigenvalue weighted by molar-refractivity contribution is 0.0781. The molecule has 3 rings (SSSR count). The van der Waals surface area contributed by atoms with Gasteiger partial charge in [-0.1, -0.05) is 0 Å². The number of amides is 1. The van der Waals surface area contributed by atoms with Gasteiger partial charge in [0.1, 0.15) is 5.76 Å². The highest BCUT2D eigenvalue weighted by Crippen LogP contribution is 2.26. The summed E-state index contributed by atoms with van der Waals surface area (Å²) < 4.78 is 5.18. The van der Waals surface area contributed by atoms with Gasteiger partial charge in [-0.3, -0.25) is 4.79 Å². The van der Waals surface area contributed by atoms with Gasteiger partial charge in [0.2, 0.25) is 0 Å². The lowest BCUT2D eigenvalue weighted by Crippen LogP contribution is -2.34. The van der Waals surface area contributed by atoms with E-state index in [4.69, 9.17) is 4.42 Å². The highest BCUT2D eigenvalue weighted by Gasteiger charge is 2.38. The minimum atomic E-state index is 0.113. The van der Waals surface area contributed by atoms with Gasteiger partial charge in [0.25, 0.3) is 5.91 Å². The topological polar surface area (TPSA) is 45.5 Å². The predicted molar refractivity (Wildman–Crippen MR) is 59.2 cm³/mol. The van der Waals surface area contributed by atoms with Crippen LogP contribution in [-0.4, -0.2) is 36.5 Å². The van der Waals surface area contributed by atoms with E-state index in [1.807, 2.05) is 11.8 Å². The molecule has 0 aromatic carbocycles. The van der Waals surface area contributed by atoms with E-state index in [1.165, 1.54) is 6.42 Å². The van der Waals surface area contributed by atoms with Crippen LogP contribution in [0.5, 0.6) is 0 Å². The van der Waals surface area contributed by atoms with Crippen LogP contribution in [0.4, 0.5) is 0 Å². The molecule has 1 aromatic heterocycles. The van der Waals surface area contributed by atoms with Crippen molar-refractivity contribution in [2.75, 3.05) is 19.6 Å². The molecule has 4 nitrogen and oxygen atoms in total. The summed E-state index contributed by atoms with van der Waals surface area (Å²) in [6, 6.07) is 2.27. The third kappa shape index (κ3) is 1.45. The summed E-state index contributed by atoms with van der Waals surface area (Å²) in [4.78, 5) is 14.1. The molecule has 1 amide bonds. The van der Waals surface area contributed by atoms with Crippen LogP contribution < -0.4 is 5.32 Å². The quantitative estimate of drug-likeness (QED) is 0.768. The van der Waals surface area contributed by atoms with Crippen molar-refractivity contribution in [3.63, 3.8) is 0 Å². The number of nitrogens with zero attached hydrogens (tertiary/aromatic N) is 1. The smallest absolute Gasteiger partial charge is 0.257 e. The Bertz CT molecular complexity index is 401. The number of hydrogen-bond acceptors (Lipinski definition) is 3. The molecule has 0 aliphatic carbocycles. The van der Waals surface area contributed by atoms with Gasteiger partial charge in [0.15, 0.2) is 0 Å². The van der Waals surface area contributed by atoms with Crippen molar-refractivity contribution in [2.45, 2.75) is 19.4 Å². The van der Waals surface area contributed by atoms with Crippen LogP contribution in [-0.2, 0) is 0 Å². The second kappa shape index (κ2) is 3.63. The van der Waals surface area contributed by atoms with E-state index < -0.39 is 0 Å².